The maximum absolute atomic E-state index is 12.4. The summed E-state index contributed by atoms with van der Waals surface area (Å²) in [5.41, 5.74) is 5.07. The van der Waals surface area contributed by atoms with Crippen LogP contribution in [-0.2, 0) is 4.79 Å². The van der Waals surface area contributed by atoms with Gasteiger partial charge in [-0.2, -0.15) is 0 Å². The molecule has 1 saturated carbocycles. The van der Waals surface area contributed by atoms with Crippen molar-refractivity contribution >= 4 is 5.91 Å². The molecular formula is C15H29N3O. The fraction of sp³-hybridized carbons (Fsp3) is 0.933. The third kappa shape index (κ3) is 3.29. The van der Waals surface area contributed by atoms with Crippen molar-refractivity contribution in [2.75, 3.05) is 13.1 Å². The molecule has 1 aliphatic heterocycles. The van der Waals surface area contributed by atoms with E-state index in [4.69, 9.17) is 5.73 Å². The molecule has 1 amide bonds. The number of nitrogens with one attached hydrogen (secondary N) is 1. The first kappa shape index (κ1) is 14.8. The zero-order chi connectivity index (χ0) is 14.3. The van der Waals surface area contributed by atoms with E-state index in [1.165, 1.54) is 12.8 Å². The Morgan fingerprint density at radius 3 is 2.05 bits per heavy atom. The number of amides is 1. The van der Waals surface area contributed by atoms with Gasteiger partial charge < -0.3 is 16.0 Å². The lowest BCUT2D eigenvalue weighted by molar-refractivity contribution is -0.133. The number of likely N-dealkylation sites (tertiary alicyclic amines) is 1. The lowest BCUT2D eigenvalue weighted by atomic mass is 9.74. The van der Waals surface area contributed by atoms with E-state index in [0.717, 1.165) is 32.0 Å². The second kappa shape index (κ2) is 5.06. The van der Waals surface area contributed by atoms with Crippen LogP contribution in [0.15, 0.2) is 0 Å². The van der Waals surface area contributed by atoms with E-state index in [0.29, 0.717) is 6.04 Å². The van der Waals surface area contributed by atoms with Crippen LogP contribution in [0.1, 0.15) is 53.4 Å². The van der Waals surface area contributed by atoms with Gasteiger partial charge in [0, 0.05) is 30.7 Å². The molecule has 110 valence electrons. The van der Waals surface area contributed by atoms with Crippen LogP contribution in [-0.4, -0.2) is 41.5 Å². The number of rotatable bonds is 4. The summed E-state index contributed by atoms with van der Waals surface area (Å²) in [6.45, 7) is 9.96. The summed E-state index contributed by atoms with van der Waals surface area (Å²) in [7, 11) is 0. The average Bonchev–Trinajstić information content (AvgIpc) is 3.12. The molecule has 1 aliphatic carbocycles. The fourth-order valence-electron chi connectivity index (χ4n) is 2.51. The summed E-state index contributed by atoms with van der Waals surface area (Å²) in [6.07, 6.45) is 4.88. The highest BCUT2D eigenvalue weighted by molar-refractivity contribution is 5.83. The van der Waals surface area contributed by atoms with Crippen LogP contribution >= 0.6 is 0 Å². The number of carbonyl (C=O) groups is 1. The summed E-state index contributed by atoms with van der Waals surface area (Å²) in [6, 6.07) is 1.17. The lowest BCUT2D eigenvalue weighted by Crippen LogP contribution is -2.58. The van der Waals surface area contributed by atoms with E-state index in [1.54, 1.807) is 0 Å². The molecule has 0 spiro atoms. The maximum atomic E-state index is 12.4. The molecule has 2 fully saturated rings. The van der Waals surface area contributed by atoms with Crippen molar-refractivity contribution in [3.8, 4) is 0 Å². The van der Waals surface area contributed by atoms with Gasteiger partial charge in [0.25, 0.3) is 0 Å². The summed E-state index contributed by atoms with van der Waals surface area (Å²) in [5, 5.41) is 3.20. The molecule has 4 nitrogen and oxygen atoms in total. The maximum Gasteiger partial charge on any atom is 0.227 e. The Morgan fingerprint density at radius 1 is 1.11 bits per heavy atom. The lowest BCUT2D eigenvalue weighted by Gasteiger charge is -2.39. The molecule has 0 aromatic carbocycles. The van der Waals surface area contributed by atoms with E-state index in [-0.39, 0.29) is 5.91 Å². The minimum atomic E-state index is -0.541. The SMILES string of the molecule is CC(C)(N)C(C)(C)C(=O)NC1CCN(C2CC2)CC1. The Bertz CT molecular complexity index is 334. The molecule has 19 heavy (non-hydrogen) atoms. The first-order chi connectivity index (χ1) is 8.72. The monoisotopic (exact) mass is 267 g/mol. The Morgan fingerprint density at radius 2 is 1.63 bits per heavy atom. The molecule has 0 radical (unpaired) electrons. The van der Waals surface area contributed by atoms with Crippen LogP contribution in [0.4, 0.5) is 0 Å². The first-order valence-electron chi connectivity index (χ1n) is 7.56. The van der Waals surface area contributed by atoms with Crippen LogP contribution in [0.2, 0.25) is 0 Å². The highest BCUT2D eigenvalue weighted by Gasteiger charge is 2.41. The van der Waals surface area contributed by atoms with Gasteiger partial charge in [-0.1, -0.05) is 0 Å². The van der Waals surface area contributed by atoms with Gasteiger partial charge in [-0.25, -0.2) is 0 Å². The molecule has 3 N–H and O–H groups in total. The molecular weight excluding hydrogens is 238 g/mol. The standard InChI is InChI=1S/C15H29N3O/c1-14(2,15(3,4)16)13(19)17-11-7-9-18(10-8-11)12-5-6-12/h11-12H,5-10,16H2,1-4H3,(H,17,19). The van der Waals surface area contributed by atoms with Crippen molar-refractivity contribution in [2.45, 2.75) is 71.0 Å². The van der Waals surface area contributed by atoms with E-state index in [1.807, 2.05) is 27.7 Å². The Hall–Kier alpha value is -0.610. The number of hydrogen-bond acceptors (Lipinski definition) is 3. The zero-order valence-corrected chi connectivity index (χ0v) is 12.8. The molecule has 0 aromatic heterocycles. The van der Waals surface area contributed by atoms with Gasteiger partial charge >= 0.3 is 0 Å². The van der Waals surface area contributed by atoms with Crippen LogP contribution < -0.4 is 11.1 Å². The van der Waals surface area contributed by atoms with Gasteiger partial charge in [0.1, 0.15) is 0 Å². The highest BCUT2D eigenvalue weighted by atomic mass is 16.2. The molecule has 4 heteroatoms. The molecule has 0 atom stereocenters. The summed E-state index contributed by atoms with van der Waals surface area (Å²) in [4.78, 5) is 15.0. The normalized spacial score (nSPS) is 23.4. The topological polar surface area (TPSA) is 58.4 Å². The van der Waals surface area contributed by atoms with Crippen LogP contribution in [0.25, 0.3) is 0 Å². The minimum absolute atomic E-state index is 0.0878. The first-order valence-corrected chi connectivity index (χ1v) is 7.56. The summed E-state index contributed by atoms with van der Waals surface area (Å²) in [5.74, 6) is 0.0878. The number of nitrogens with two attached hydrogens (primary N) is 1. The largest absolute Gasteiger partial charge is 0.353 e. The number of piperidine rings is 1. The predicted octanol–water partition coefficient (Wildman–Crippen LogP) is 1.49. The zero-order valence-electron chi connectivity index (χ0n) is 12.8. The van der Waals surface area contributed by atoms with Crippen molar-refractivity contribution in [1.82, 2.24) is 10.2 Å². The number of nitrogens with zero attached hydrogens (tertiary/aromatic N) is 1. The van der Waals surface area contributed by atoms with Crippen LogP contribution in [0.3, 0.4) is 0 Å². The fourth-order valence-corrected chi connectivity index (χ4v) is 2.51. The van der Waals surface area contributed by atoms with Gasteiger partial charge in [0.2, 0.25) is 5.91 Å². The smallest absolute Gasteiger partial charge is 0.227 e. The Labute approximate surface area is 117 Å². The van der Waals surface area contributed by atoms with Gasteiger partial charge in [-0.05, 0) is 53.4 Å². The van der Waals surface area contributed by atoms with E-state index in [2.05, 4.69) is 10.2 Å². The Kier molecular flexibility index (Phi) is 3.94. The highest BCUT2D eigenvalue weighted by Crippen LogP contribution is 2.31. The van der Waals surface area contributed by atoms with Crippen molar-refractivity contribution < 1.29 is 4.79 Å². The second-order valence-corrected chi connectivity index (χ2v) is 7.36. The average molecular weight is 267 g/mol. The van der Waals surface area contributed by atoms with E-state index >= 15 is 0 Å². The predicted molar refractivity (Wildman–Crippen MR) is 77.8 cm³/mol. The van der Waals surface area contributed by atoms with E-state index < -0.39 is 11.0 Å². The van der Waals surface area contributed by atoms with E-state index in [9.17, 15) is 4.79 Å². The third-order valence-electron chi connectivity index (χ3n) is 5.11. The molecule has 0 bridgehead atoms. The third-order valence-corrected chi connectivity index (χ3v) is 5.11. The molecule has 2 aliphatic rings. The van der Waals surface area contributed by atoms with Crippen molar-refractivity contribution in [3.63, 3.8) is 0 Å². The van der Waals surface area contributed by atoms with Crippen molar-refractivity contribution in [3.05, 3.63) is 0 Å². The van der Waals surface area contributed by atoms with Gasteiger partial charge in [-0.3, -0.25) is 4.79 Å². The number of hydrogen-bond donors (Lipinski definition) is 2. The van der Waals surface area contributed by atoms with Crippen LogP contribution in [0.5, 0.6) is 0 Å². The number of carbonyl (C=O) groups excluding carboxylic acids is 1. The molecule has 0 aromatic rings. The second-order valence-electron chi connectivity index (χ2n) is 7.36. The molecule has 1 saturated heterocycles. The van der Waals surface area contributed by atoms with Crippen LogP contribution in [0, 0.1) is 5.41 Å². The minimum Gasteiger partial charge on any atom is -0.353 e. The summed E-state index contributed by atoms with van der Waals surface area (Å²) < 4.78 is 0. The van der Waals surface area contributed by atoms with Gasteiger partial charge in [0.05, 0.1) is 5.41 Å². The van der Waals surface area contributed by atoms with Crippen molar-refractivity contribution in [2.24, 2.45) is 11.1 Å². The molecule has 2 rings (SSSR count). The Balaban J connectivity index is 1.83. The van der Waals surface area contributed by atoms with Gasteiger partial charge in [0.15, 0.2) is 0 Å². The molecule has 1 heterocycles. The summed E-state index contributed by atoms with van der Waals surface area (Å²) >= 11 is 0. The molecule has 0 unspecified atom stereocenters. The quantitative estimate of drug-likeness (QED) is 0.811. The van der Waals surface area contributed by atoms with Gasteiger partial charge in [-0.15, -0.1) is 0 Å². The van der Waals surface area contributed by atoms with Crippen molar-refractivity contribution in [1.29, 1.82) is 0 Å².